The van der Waals surface area contributed by atoms with Gasteiger partial charge in [0.05, 0.1) is 18.0 Å². The van der Waals surface area contributed by atoms with Crippen molar-refractivity contribution in [1.82, 2.24) is 20.4 Å². The third-order valence-electron chi connectivity index (χ3n) is 6.93. The molecule has 3 saturated carbocycles. The van der Waals surface area contributed by atoms with Gasteiger partial charge in [-0.1, -0.05) is 0 Å². The molecule has 3 fully saturated rings. The first-order chi connectivity index (χ1) is 12.5. The molecule has 2 amide bonds. The topological polar surface area (TPSA) is 75.2 Å². The van der Waals surface area contributed by atoms with Crippen LogP contribution in [0.4, 0.5) is 0 Å². The van der Waals surface area contributed by atoms with Gasteiger partial charge in [-0.05, 0) is 69.3 Å². The fourth-order valence-corrected chi connectivity index (χ4v) is 5.50. The Balaban J connectivity index is 1.31. The Bertz CT molecular complexity index is 686. The molecule has 0 radical (unpaired) electrons. The van der Waals surface area contributed by atoms with Crippen molar-refractivity contribution < 1.29 is 9.59 Å². The summed E-state index contributed by atoms with van der Waals surface area (Å²) in [4.78, 5) is 27.1. The van der Waals surface area contributed by atoms with Gasteiger partial charge >= 0.3 is 0 Å². The van der Waals surface area contributed by atoms with Crippen molar-refractivity contribution >= 4 is 11.8 Å². The molecule has 0 aromatic carbocycles. The van der Waals surface area contributed by atoms with E-state index in [1.54, 1.807) is 11.0 Å². The zero-order chi connectivity index (χ0) is 18.3. The quantitative estimate of drug-likeness (QED) is 0.848. The summed E-state index contributed by atoms with van der Waals surface area (Å²) in [6.07, 6.45) is 9.31. The molecule has 3 aliphatic rings. The van der Waals surface area contributed by atoms with Crippen LogP contribution >= 0.6 is 0 Å². The molecule has 1 heterocycles. The molecule has 1 aromatic heterocycles. The van der Waals surface area contributed by atoms with Crippen molar-refractivity contribution in [2.75, 3.05) is 13.1 Å². The third kappa shape index (κ3) is 2.89. The van der Waals surface area contributed by atoms with Gasteiger partial charge in [-0.2, -0.15) is 10.2 Å². The molecule has 3 atom stereocenters. The SMILES string of the molecule is CC(C)N(CCNC(=O)[C@@H]1C[C@@H]2CC[C@H]1C21CC1)C(=O)c1ccnnc1. The van der Waals surface area contributed by atoms with Crippen LogP contribution in [0.3, 0.4) is 0 Å². The summed E-state index contributed by atoms with van der Waals surface area (Å²) in [6.45, 7) is 4.99. The fourth-order valence-electron chi connectivity index (χ4n) is 5.50. The zero-order valence-electron chi connectivity index (χ0n) is 15.6. The Morgan fingerprint density at radius 2 is 2.12 bits per heavy atom. The van der Waals surface area contributed by atoms with Crippen LogP contribution in [0.15, 0.2) is 18.5 Å². The second-order valence-electron chi connectivity index (χ2n) is 8.47. The van der Waals surface area contributed by atoms with E-state index < -0.39 is 0 Å². The third-order valence-corrected chi connectivity index (χ3v) is 6.93. The lowest BCUT2D eigenvalue weighted by Crippen LogP contribution is -2.44. The molecule has 6 nitrogen and oxygen atoms in total. The van der Waals surface area contributed by atoms with Crippen molar-refractivity contribution in [2.45, 2.75) is 52.0 Å². The van der Waals surface area contributed by atoms with Crippen LogP contribution in [0.5, 0.6) is 0 Å². The number of aromatic nitrogens is 2. The lowest BCUT2D eigenvalue weighted by atomic mass is 9.86. The van der Waals surface area contributed by atoms with Gasteiger partial charge in [0, 0.05) is 25.0 Å². The van der Waals surface area contributed by atoms with Crippen LogP contribution in [0.2, 0.25) is 0 Å². The highest BCUT2D eigenvalue weighted by molar-refractivity contribution is 5.94. The Morgan fingerprint density at radius 3 is 2.73 bits per heavy atom. The van der Waals surface area contributed by atoms with Gasteiger partial charge in [0.25, 0.3) is 5.91 Å². The van der Waals surface area contributed by atoms with Gasteiger partial charge in [0.15, 0.2) is 0 Å². The molecular weight excluding hydrogens is 328 g/mol. The number of nitrogens with one attached hydrogen (secondary N) is 1. The van der Waals surface area contributed by atoms with Gasteiger partial charge < -0.3 is 10.2 Å². The molecule has 4 rings (SSSR count). The predicted molar refractivity (Wildman–Crippen MR) is 97.2 cm³/mol. The number of rotatable bonds is 6. The first-order valence-electron chi connectivity index (χ1n) is 9.88. The van der Waals surface area contributed by atoms with Crippen LogP contribution in [-0.2, 0) is 4.79 Å². The van der Waals surface area contributed by atoms with Crippen LogP contribution in [0.25, 0.3) is 0 Å². The number of hydrogen-bond donors (Lipinski definition) is 1. The highest BCUT2D eigenvalue weighted by Gasteiger charge is 2.65. The number of hydrogen-bond acceptors (Lipinski definition) is 4. The number of amides is 2. The monoisotopic (exact) mass is 356 g/mol. The number of carbonyl (C=O) groups is 2. The molecule has 1 spiro atoms. The van der Waals surface area contributed by atoms with Gasteiger partial charge in [0.1, 0.15) is 0 Å². The summed E-state index contributed by atoms with van der Waals surface area (Å²) in [5.41, 5.74) is 1.07. The molecule has 3 aliphatic carbocycles. The van der Waals surface area contributed by atoms with E-state index in [-0.39, 0.29) is 23.8 Å². The van der Waals surface area contributed by atoms with Crippen LogP contribution < -0.4 is 5.32 Å². The summed E-state index contributed by atoms with van der Waals surface area (Å²) in [7, 11) is 0. The first-order valence-corrected chi connectivity index (χ1v) is 9.88. The Kier molecular flexibility index (Phi) is 4.45. The van der Waals surface area contributed by atoms with Crippen molar-refractivity contribution in [3.8, 4) is 0 Å². The van der Waals surface area contributed by atoms with Crippen LogP contribution in [0, 0.1) is 23.2 Å². The molecular formula is C20H28N4O2. The predicted octanol–water partition coefficient (Wildman–Crippen LogP) is 2.27. The normalized spacial score (nSPS) is 27.7. The Morgan fingerprint density at radius 1 is 1.31 bits per heavy atom. The second-order valence-corrected chi connectivity index (χ2v) is 8.47. The van der Waals surface area contributed by atoms with Crippen molar-refractivity contribution in [3.63, 3.8) is 0 Å². The molecule has 0 unspecified atom stereocenters. The van der Waals surface area contributed by atoms with E-state index in [1.165, 1.54) is 38.1 Å². The molecule has 0 saturated heterocycles. The van der Waals surface area contributed by atoms with E-state index in [0.717, 1.165) is 12.3 Å². The van der Waals surface area contributed by atoms with Crippen molar-refractivity contribution in [3.05, 3.63) is 24.0 Å². The lowest BCUT2D eigenvalue weighted by molar-refractivity contribution is -0.126. The van der Waals surface area contributed by atoms with E-state index in [4.69, 9.17) is 0 Å². The highest BCUT2D eigenvalue weighted by atomic mass is 16.2. The lowest BCUT2D eigenvalue weighted by Gasteiger charge is -2.28. The van der Waals surface area contributed by atoms with Crippen LogP contribution in [-0.4, -0.2) is 46.0 Å². The van der Waals surface area contributed by atoms with Crippen molar-refractivity contribution in [2.24, 2.45) is 23.2 Å². The van der Waals surface area contributed by atoms with E-state index in [1.807, 2.05) is 13.8 Å². The van der Waals surface area contributed by atoms with E-state index in [0.29, 0.717) is 30.0 Å². The minimum absolute atomic E-state index is 0.0600. The molecule has 140 valence electrons. The Labute approximate surface area is 154 Å². The summed E-state index contributed by atoms with van der Waals surface area (Å²) in [6, 6.07) is 1.73. The number of nitrogens with zero attached hydrogens (tertiary/aromatic N) is 3. The molecule has 0 aliphatic heterocycles. The molecule has 2 bridgehead atoms. The molecule has 26 heavy (non-hydrogen) atoms. The largest absolute Gasteiger partial charge is 0.354 e. The minimum Gasteiger partial charge on any atom is -0.354 e. The highest BCUT2D eigenvalue weighted by Crippen LogP contribution is 2.72. The maximum Gasteiger partial charge on any atom is 0.255 e. The van der Waals surface area contributed by atoms with Crippen LogP contribution in [0.1, 0.15) is 56.3 Å². The van der Waals surface area contributed by atoms with Crippen molar-refractivity contribution in [1.29, 1.82) is 0 Å². The molecule has 1 aromatic rings. The van der Waals surface area contributed by atoms with Gasteiger partial charge in [-0.25, -0.2) is 0 Å². The number of carbonyl (C=O) groups excluding carboxylic acids is 2. The zero-order valence-corrected chi connectivity index (χ0v) is 15.6. The van der Waals surface area contributed by atoms with E-state index in [9.17, 15) is 9.59 Å². The average Bonchev–Trinajstić information content (AvgIpc) is 3.31. The minimum atomic E-state index is -0.0685. The maximum atomic E-state index is 12.7. The van der Waals surface area contributed by atoms with Gasteiger partial charge in [-0.15, -0.1) is 0 Å². The summed E-state index contributed by atoms with van der Waals surface area (Å²) >= 11 is 0. The maximum absolute atomic E-state index is 12.7. The summed E-state index contributed by atoms with van der Waals surface area (Å²) < 4.78 is 0. The first kappa shape index (κ1) is 17.4. The van der Waals surface area contributed by atoms with E-state index >= 15 is 0 Å². The Hall–Kier alpha value is -1.98. The van der Waals surface area contributed by atoms with Gasteiger partial charge in [0.2, 0.25) is 5.91 Å². The second kappa shape index (κ2) is 6.63. The summed E-state index contributed by atoms with van der Waals surface area (Å²) in [5.74, 6) is 1.73. The smallest absolute Gasteiger partial charge is 0.255 e. The molecule has 1 N–H and O–H groups in total. The summed E-state index contributed by atoms with van der Waals surface area (Å²) in [5, 5.41) is 10.6. The van der Waals surface area contributed by atoms with Gasteiger partial charge in [-0.3, -0.25) is 9.59 Å². The molecule has 6 heteroatoms. The average molecular weight is 356 g/mol. The fraction of sp³-hybridized carbons (Fsp3) is 0.700. The standard InChI is InChI=1S/C20H28N4O2/c1-13(2)24(19(26)14-5-8-22-23-12-14)10-9-21-18(25)16-11-15-3-4-17(16)20(15)6-7-20/h5,8,12-13,15-17H,3-4,6-7,9-11H2,1-2H3,(H,21,25)/t15-,16+,17+/m0/s1. The van der Waals surface area contributed by atoms with E-state index in [2.05, 4.69) is 15.5 Å².